The maximum absolute atomic E-state index is 12.0. The molecule has 0 bridgehead atoms. The molecule has 16 heavy (non-hydrogen) atoms. The van der Waals surface area contributed by atoms with Crippen LogP contribution in [-0.4, -0.2) is 11.9 Å². The first kappa shape index (κ1) is 10.4. The van der Waals surface area contributed by atoms with Crippen LogP contribution in [0.2, 0.25) is 10.0 Å². The highest BCUT2D eigenvalue weighted by Crippen LogP contribution is 2.59. The number of rotatable bonds is 1. The Morgan fingerprint density at radius 3 is 2.62 bits per heavy atom. The monoisotopic (exact) mass is 255 g/mol. The van der Waals surface area contributed by atoms with Crippen molar-refractivity contribution >= 4 is 29.1 Å². The topological polar surface area (TPSA) is 29.1 Å². The third kappa shape index (κ3) is 1.17. The van der Waals surface area contributed by atoms with Gasteiger partial charge >= 0.3 is 0 Å². The number of halogens is 2. The van der Waals surface area contributed by atoms with Crippen molar-refractivity contribution in [2.75, 3.05) is 0 Å². The number of nitrogens with one attached hydrogen (secondary N) is 1. The molecular formula is C12H11Cl2NO. The van der Waals surface area contributed by atoms with E-state index in [4.69, 9.17) is 23.2 Å². The Balaban J connectivity index is 2.06. The summed E-state index contributed by atoms with van der Waals surface area (Å²) in [5, 5.41) is 4.03. The zero-order valence-corrected chi connectivity index (χ0v) is 10.3. The Morgan fingerprint density at radius 1 is 1.38 bits per heavy atom. The van der Waals surface area contributed by atoms with Crippen LogP contribution < -0.4 is 5.32 Å². The van der Waals surface area contributed by atoms with Gasteiger partial charge in [-0.25, -0.2) is 0 Å². The first-order chi connectivity index (χ1) is 7.55. The first-order valence-electron chi connectivity index (χ1n) is 5.32. The van der Waals surface area contributed by atoms with Gasteiger partial charge in [0.25, 0.3) is 0 Å². The number of carbonyl (C=O) groups excluding carboxylic acids is 1. The predicted octanol–water partition coefficient (Wildman–Crippen LogP) is 2.77. The molecule has 4 heteroatoms. The van der Waals surface area contributed by atoms with Crippen LogP contribution in [-0.2, 0) is 10.2 Å². The van der Waals surface area contributed by atoms with Crippen LogP contribution in [0.5, 0.6) is 0 Å². The summed E-state index contributed by atoms with van der Waals surface area (Å²) in [6, 6.07) is 5.76. The van der Waals surface area contributed by atoms with E-state index in [0.29, 0.717) is 16.0 Å². The minimum atomic E-state index is -0.326. The summed E-state index contributed by atoms with van der Waals surface area (Å²) in [6.45, 7) is 2.05. The summed E-state index contributed by atoms with van der Waals surface area (Å²) in [7, 11) is 0. The lowest BCUT2D eigenvalue weighted by Crippen LogP contribution is -2.31. The fourth-order valence-electron chi connectivity index (χ4n) is 2.83. The lowest BCUT2D eigenvalue weighted by Gasteiger charge is -2.11. The van der Waals surface area contributed by atoms with Crippen molar-refractivity contribution in [3.8, 4) is 0 Å². The fraction of sp³-hybridized carbons (Fsp3) is 0.417. The third-order valence-corrected chi connectivity index (χ3v) is 4.56. The Kier molecular flexibility index (Phi) is 2.05. The van der Waals surface area contributed by atoms with Crippen LogP contribution in [0.4, 0.5) is 0 Å². The summed E-state index contributed by atoms with van der Waals surface area (Å²) in [6.07, 6.45) is 0.929. The smallest absolute Gasteiger partial charge is 0.231 e. The molecule has 1 aliphatic heterocycles. The number of hydrogen-bond donors (Lipinski definition) is 1. The number of carbonyl (C=O) groups is 1. The summed E-state index contributed by atoms with van der Waals surface area (Å²) >= 11 is 11.9. The van der Waals surface area contributed by atoms with E-state index in [1.54, 1.807) is 6.07 Å². The first-order valence-corrected chi connectivity index (χ1v) is 6.08. The van der Waals surface area contributed by atoms with Crippen molar-refractivity contribution in [2.24, 2.45) is 5.92 Å². The van der Waals surface area contributed by atoms with Crippen LogP contribution in [0.25, 0.3) is 0 Å². The Bertz CT molecular complexity index is 488. The van der Waals surface area contributed by atoms with Crippen LogP contribution in [0.15, 0.2) is 18.2 Å². The van der Waals surface area contributed by atoms with Crippen molar-refractivity contribution in [1.29, 1.82) is 0 Å². The van der Waals surface area contributed by atoms with Gasteiger partial charge in [-0.2, -0.15) is 0 Å². The molecule has 3 unspecified atom stereocenters. The van der Waals surface area contributed by atoms with E-state index >= 15 is 0 Å². The molecule has 2 fully saturated rings. The van der Waals surface area contributed by atoms with Gasteiger partial charge in [-0.1, -0.05) is 29.3 Å². The van der Waals surface area contributed by atoms with E-state index in [1.807, 2.05) is 12.1 Å². The SMILES string of the molecule is CC1NC(=O)C2(c3ccc(Cl)c(Cl)c3)CC12. The molecule has 0 spiro atoms. The third-order valence-electron chi connectivity index (χ3n) is 3.82. The zero-order chi connectivity index (χ0) is 11.5. The molecule has 84 valence electrons. The molecule has 1 saturated heterocycles. The highest BCUT2D eigenvalue weighted by Gasteiger charge is 2.67. The standard InChI is InChI=1S/C12H11Cl2NO/c1-6-8-5-12(8,11(16)15-6)7-2-3-9(13)10(14)4-7/h2-4,6,8H,5H2,1H3,(H,15,16). The van der Waals surface area contributed by atoms with Crippen molar-refractivity contribution in [2.45, 2.75) is 24.8 Å². The highest BCUT2D eigenvalue weighted by atomic mass is 35.5. The molecule has 0 radical (unpaired) electrons. The van der Waals surface area contributed by atoms with E-state index in [0.717, 1.165) is 12.0 Å². The lowest BCUT2D eigenvalue weighted by molar-refractivity contribution is -0.122. The molecule has 1 N–H and O–H groups in total. The number of fused-ring (bicyclic) bond motifs is 1. The minimum absolute atomic E-state index is 0.128. The van der Waals surface area contributed by atoms with Crippen LogP contribution in [0.1, 0.15) is 18.9 Å². The second kappa shape index (κ2) is 3.14. The molecule has 1 aromatic rings. The molecule has 2 nitrogen and oxygen atoms in total. The summed E-state index contributed by atoms with van der Waals surface area (Å²) in [5.74, 6) is 0.542. The molecule has 1 aromatic carbocycles. The second-order valence-electron chi connectivity index (χ2n) is 4.67. The molecule has 3 rings (SSSR count). The summed E-state index contributed by atoms with van der Waals surface area (Å²) < 4.78 is 0. The van der Waals surface area contributed by atoms with Crippen LogP contribution in [0, 0.1) is 5.92 Å². The Labute approximate surface area is 104 Å². The van der Waals surface area contributed by atoms with Crippen molar-refractivity contribution < 1.29 is 4.79 Å². The van der Waals surface area contributed by atoms with E-state index in [9.17, 15) is 4.79 Å². The Morgan fingerprint density at radius 2 is 2.12 bits per heavy atom. The molecule has 2 aliphatic rings. The van der Waals surface area contributed by atoms with Crippen LogP contribution >= 0.6 is 23.2 Å². The lowest BCUT2D eigenvalue weighted by atomic mass is 9.94. The fourth-order valence-corrected chi connectivity index (χ4v) is 3.12. The van der Waals surface area contributed by atoms with E-state index in [2.05, 4.69) is 12.2 Å². The molecule has 3 atom stereocenters. The van der Waals surface area contributed by atoms with E-state index in [-0.39, 0.29) is 17.4 Å². The Hall–Kier alpha value is -0.730. The molecule has 0 aromatic heterocycles. The highest BCUT2D eigenvalue weighted by molar-refractivity contribution is 6.42. The van der Waals surface area contributed by atoms with Crippen molar-refractivity contribution in [3.05, 3.63) is 33.8 Å². The van der Waals surface area contributed by atoms with E-state index in [1.165, 1.54) is 0 Å². The average molecular weight is 256 g/mol. The molecule has 1 amide bonds. The molecular weight excluding hydrogens is 245 g/mol. The normalized spacial score (nSPS) is 35.8. The van der Waals surface area contributed by atoms with Gasteiger partial charge in [0, 0.05) is 6.04 Å². The number of hydrogen-bond acceptors (Lipinski definition) is 1. The van der Waals surface area contributed by atoms with Gasteiger partial charge in [-0.3, -0.25) is 4.79 Å². The largest absolute Gasteiger partial charge is 0.353 e. The van der Waals surface area contributed by atoms with Gasteiger partial charge in [-0.15, -0.1) is 0 Å². The van der Waals surface area contributed by atoms with Gasteiger partial charge in [0.05, 0.1) is 15.5 Å². The maximum atomic E-state index is 12.0. The predicted molar refractivity (Wildman–Crippen MR) is 63.9 cm³/mol. The summed E-state index contributed by atoms with van der Waals surface area (Å²) in [5.41, 5.74) is 0.668. The number of benzene rings is 1. The van der Waals surface area contributed by atoms with Gasteiger partial charge in [0.2, 0.25) is 5.91 Å². The molecule has 1 heterocycles. The van der Waals surface area contributed by atoms with Crippen molar-refractivity contribution in [1.82, 2.24) is 5.32 Å². The molecule has 1 aliphatic carbocycles. The minimum Gasteiger partial charge on any atom is -0.353 e. The van der Waals surface area contributed by atoms with Gasteiger partial charge < -0.3 is 5.32 Å². The average Bonchev–Trinajstić information content (AvgIpc) is 2.93. The van der Waals surface area contributed by atoms with Gasteiger partial charge in [-0.05, 0) is 37.0 Å². The van der Waals surface area contributed by atoms with E-state index < -0.39 is 0 Å². The molecule has 1 saturated carbocycles. The van der Waals surface area contributed by atoms with Gasteiger partial charge in [0.15, 0.2) is 0 Å². The summed E-state index contributed by atoms with van der Waals surface area (Å²) in [4.78, 5) is 12.0. The number of piperidine rings is 1. The zero-order valence-electron chi connectivity index (χ0n) is 8.76. The van der Waals surface area contributed by atoms with Gasteiger partial charge in [0.1, 0.15) is 0 Å². The quantitative estimate of drug-likeness (QED) is 0.822. The van der Waals surface area contributed by atoms with Crippen molar-refractivity contribution in [3.63, 3.8) is 0 Å². The van der Waals surface area contributed by atoms with Crippen LogP contribution in [0.3, 0.4) is 0 Å². The number of amides is 1. The second-order valence-corrected chi connectivity index (χ2v) is 5.49. The maximum Gasteiger partial charge on any atom is 0.231 e.